The van der Waals surface area contributed by atoms with Gasteiger partial charge in [0.2, 0.25) is 0 Å². The topological polar surface area (TPSA) is 119 Å². The van der Waals surface area contributed by atoms with Gasteiger partial charge in [-0.2, -0.15) is 31.9 Å². The molecule has 20 heteroatoms. The Hall–Kier alpha value is -6.18. The predicted octanol–water partition coefficient (Wildman–Crippen LogP) is 9.96. The predicted molar refractivity (Wildman–Crippen MR) is 247 cm³/mol. The van der Waals surface area contributed by atoms with Crippen LogP contribution in [0, 0.1) is 12.7 Å². The van der Waals surface area contributed by atoms with E-state index in [0.29, 0.717) is 48.4 Å². The number of halogens is 7. The van der Waals surface area contributed by atoms with Gasteiger partial charge in [0.1, 0.15) is 58.4 Å². The maximum absolute atomic E-state index is 17.8. The number of aromatic nitrogens is 4. The number of hydrogen-bond donors (Lipinski definition) is 0. The number of carbonyl (C=O) groups excluding carboxylic acids is 1. The molecule has 4 atom stereocenters. The molecular formula is C50H55F7N8O5. The van der Waals surface area contributed by atoms with Crippen molar-refractivity contribution in [1.29, 1.82) is 0 Å². The quantitative estimate of drug-likeness (QED) is 0.105. The summed E-state index contributed by atoms with van der Waals surface area (Å²) in [6.45, 7) is 7.92. The van der Waals surface area contributed by atoms with E-state index < -0.39 is 69.4 Å². The van der Waals surface area contributed by atoms with Crippen molar-refractivity contribution in [2.75, 3.05) is 56.8 Å². The van der Waals surface area contributed by atoms with Crippen LogP contribution in [0.4, 0.5) is 47.2 Å². The molecule has 0 unspecified atom stereocenters. The number of piperazine rings is 1. The van der Waals surface area contributed by atoms with Crippen LogP contribution in [0.5, 0.6) is 17.5 Å². The van der Waals surface area contributed by atoms with Crippen molar-refractivity contribution in [1.82, 2.24) is 29.7 Å². The number of ether oxygens (including phenoxy) is 4. The Morgan fingerprint density at radius 1 is 0.857 bits per heavy atom. The molecule has 0 N–H and O–H groups in total. The lowest BCUT2D eigenvalue weighted by atomic mass is 9.95. The summed E-state index contributed by atoms with van der Waals surface area (Å²) in [4.78, 5) is 38.6. The number of methoxy groups -OCH3 is 2. The molecule has 2 bridgehead atoms. The van der Waals surface area contributed by atoms with Gasteiger partial charge in [0.25, 0.3) is 0 Å². The van der Waals surface area contributed by atoms with Gasteiger partial charge in [-0.15, -0.1) is 0 Å². The third-order valence-electron chi connectivity index (χ3n) is 13.7. The van der Waals surface area contributed by atoms with Crippen LogP contribution < -0.4 is 24.0 Å². The second-order valence-corrected chi connectivity index (χ2v) is 19.7. The van der Waals surface area contributed by atoms with Gasteiger partial charge >= 0.3 is 24.2 Å². The number of anilines is 2. The smallest absolute Gasteiger partial charge is 0.458 e. The molecule has 4 aliphatic rings. The standard InChI is InChI=1S/C50H55F7N8O5/c1-29-20-38(62(23-30-8-14-35(67-5)15-9-30)24-31-10-16-36(68-6)17-11-31)59-42(39(29)49(53,54)50(55,56)57)43-40(52)41-37(22-58-43)44(61-45(60-41)69-28-48-18-7-19-64(48)25-32(51)21-48)63-26-33-12-13-34(27-63)65(33)46(66)70-47(2,3)4/h8-11,14-17,20,22,32-34H,7,12-13,18-19,21,23-28H2,1-6H3/t32-,33-,34+,48+/m1/s1. The van der Waals surface area contributed by atoms with E-state index in [-0.39, 0.29) is 80.9 Å². The van der Waals surface area contributed by atoms with Crippen LogP contribution in [0.25, 0.3) is 22.3 Å². The highest BCUT2D eigenvalue weighted by Gasteiger charge is 2.61. The first-order valence-corrected chi connectivity index (χ1v) is 23.3. The van der Waals surface area contributed by atoms with Crippen molar-refractivity contribution in [3.05, 3.63) is 88.9 Å². The Morgan fingerprint density at radius 2 is 1.47 bits per heavy atom. The third-order valence-corrected chi connectivity index (χ3v) is 13.7. The summed E-state index contributed by atoms with van der Waals surface area (Å²) in [5.74, 6) is -5.61. The van der Waals surface area contributed by atoms with Crippen molar-refractivity contribution in [3.63, 3.8) is 0 Å². The molecule has 4 fully saturated rings. The van der Waals surface area contributed by atoms with Crippen LogP contribution in [0.3, 0.4) is 0 Å². The average molecular weight is 981 g/mol. The van der Waals surface area contributed by atoms with E-state index in [1.807, 2.05) is 9.80 Å². The summed E-state index contributed by atoms with van der Waals surface area (Å²) >= 11 is 0. The first-order valence-electron chi connectivity index (χ1n) is 23.3. The van der Waals surface area contributed by atoms with Crippen molar-refractivity contribution in [3.8, 4) is 28.9 Å². The van der Waals surface area contributed by atoms with E-state index in [2.05, 4.69) is 15.0 Å². The number of aryl methyl sites for hydroxylation is 1. The van der Waals surface area contributed by atoms with Gasteiger partial charge in [0.15, 0.2) is 5.82 Å². The molecule has 4 saturated heterocycles. The largest absolute Gasteiger partial charge is 0.497 e. The molecule has 0 saturated carbocycles. The Bertz CT molecular complexity index is 2680. The van der Waals surface area contributed by atoms with Crippen LogP contribution in [-0.2, 0) is 23.7 Å². The molecule has 7 heterocycles. The zero-order valence-electron chi connectivity index (χ0n) is 39.8. The molecule has 2 aromatic carbocycles. The SMILES string of the molecule is COc1ccc(CN(Cc2ccc(OC)cc2)c2cc(C)c(C(F)(F)C(F)(F)F)c(-c3ncc4c(N5C[C@H]6CC[C@@H](C5)N6C(=O)OC(C)(C)C)nc(OC[C@@]56CCCN5C[C@H](F)C6)nc4c3F)n2)cc1. The van der Waals surface area contributed by atoms with Crippen molar-refractivity contribution < 1.29 is 54.5 Å². The molecular weight excluding hydrogens is 926 g/mol. The van der Waals surface area contributed by atoms with Crippen molar-refractivity contribution in [2.24, 2.45) is 0 Å². The maximum atomic E-state index is 17.8. The van der Waals surface area contributed by atoms with Gasteiger partial charge in [0.05, 0.1) is 42.8 Å². The Balaban J connectivity index is 1.18. The monoisotopic (exact) mass is 980 g/mol. The number of hydrogen-bond acceptors (Lipinski definition) is 12. The second-order valence-electron chi connectivity index (χ2n) is 19.7. The van der Waals surface area contributed by atoms with Crippen LogP contribution in [0.1, 0.15) is 75.1 Å². The zero-order chi connectivity index (χ0) is 49.9. The maximum Gasteiger partial charge on any atom is 0.458 e. The van der Waals surface area contributed by atoms with Gasteiger partial charge in [0, 0.05) is 45.3 Å². The molecule has 4 aliphatic heterocycles. The fourth-order valence-electron chi connectivity index (χ4n) is 10.5. The van der Waals surface area contributed by atoms with Gasteiger partial charge in [-0.3, -0.25) is 14.8 Å². The van der Waals surface area contributed by atoms with Crippen molar-refractivity contribution in [2.45, 2.75) is 114 Å². The minimum atomic E-state index is -6.11. The lowest BCUT2D eigenvalue weighted by molar-refractivity contribution is -0.289. The number of alkyl halides is 6. The van der Waals surface area contributed by atoms with Crippen LogP contribution >= 0.6 is 0 Å². The van der Waals surface area contributed by atoms with E-state index in [0.717, 1.165) is 25.6 Å². The van der Waals surface area contributed by atoms with Crippen LogP contribution in [-0.4, -0.2) is 118 Å². The van der Waals surface area contributed by atoms with Crippen LogP contribution in [0.15, 0.2) is 60.8 Å². The van der Waals surface area contributed by atoms with Gasteiger partial charge in [-0.25, -0.2) is 18.6 Å². The molecule has 0 spiro atoms. The van der Waals surface area contributed by atoms with Gasteiger partial charge in [-0.1, -0.05) is 24.3 Å². The first-order chi connectivity index (χ1) is 33.2. The summed E-state index contributed by atoms with van der Waals surface area (Å²) in [5, 5.41) is 0.0155. The van der Waals surface area contributed by atoms with Crippen LogP contribution in [0.2, 0.25) is 0 Å². The number of carbonyl (C=O) groups is 1. The highest BCUT2D eigenvalue weighted by molar-refractivity contribution is 5.92. The highest BCUT2D eigenvalue weighted by atomic mass is 19.4. The third kappa shape index (κ3) is 9.42. The van der Waals surface area contributed by atoms with E-state index in [9.17, 15) is 22.4 Å². The molecule has 3 aromatic heterocycles. The fourth-order valence-corrected chi connectivity index (χ4v) is 10.5. The van der Waals surface area contributed by atoms with E-state index >= 15 is 13.2 Å². The summed E-state index contributed by atoms with van der Waals surface area (Å²) in [7, 11) is 3.02. The summed E-state index contributed by atoms with van der Waals surface area (Å²) in [5.41, 5.74) is -4.51. The molecule has 70 heavy (non-hydrogen) atoms. The van der Waals surface area contributed by atoms with E-state index in [4.69, 9.17) is 23.9 Å². The minimum Gasteiger partial charge on any atom is -0.497 e. The zero-order valence-corrected chi connectivity index (χ0v) is 39.8. The fraction of sp³-hybridized carbons (Fsp3) is 0.500. The lowest BCUT2D eigenvalue weighted by Gasteiger charge is -2.42. The Morgan fingerprint density at radius 3 is 2.04 bits per heavy atom. The highest BCUT2D eigenvalue weighted by Crippen LogP contribution is 2.50. The van der Waals surface area contributed by atoms with Gasteiger partial charge in [-0.05, 0) is 107 Å². The molecule has 13 nitrogen and oxygen atoms in total. The number of rotatable bonds is 13. The molecule has 1 amide bonds. The minimum absolute atomic E-state index is 0.0155. The summed E-state index contributed by atoms with van der Waals surface area (Å²) in [6.07, 6.45) is -3.60. The molecule has 0 aliphatic carbocycles. The molecule has 0 radical (unpaired) electrons. The molecule has 5 aromatic rings. The number of nitrogens with zero attached hydrogens (tertiary/aromatic N) is 8. The summed E-state index contributed by atoms with van der Waals surface area (Å²) in [6, 6.07) is 14.1. The summed E-state index contributed by atoms with van der Waals surface area (Å²) < 4.78 is 131. The molecule has 9 rings (SSSR count). The normalized spacial score (nSPS) is 21.6. The first kappa shape index (κ1) is 48.8. The lowest BCUT2D eigenvalue weighted by Crippen LogP contribution is -2.57. The van der Waals surface area contributed by atoms with Crippen molar-refractivity contribution >= 4 is 28.6 Å². The number of pyridine rings is 2. The Kier molecular flexibility index (Phi) is 12.9. The Labute approximate surface area is 400 Å². The number of fused-ring (bicyclic) bond motifs is 4. The molecule has 374 valence electrons. The second kappa shape index (κ2) is 18.5. The number of benzene rings is 2. The van der Waals surface area contributed by atoms with Gasteiger partial charge < -0.3 is 28.7 Å². The average Bonchev–Trinajstić information content (AvgIpc) is 3.93. The van der Waals surface area contributed by atoms with E-state index in [1.165, 1.54) is 14.2 Å². The van der Waals surface area contributed by atoms with E-state index in [1.54, 1.807) is 79.1 Å². The number of amides is 1.